The van der Waals surface area contributed by atoms with Crippen LogP contribution in [0.2, 0.25) is 0 Å². The fourth-order valence-corrected chi connectivity index (χ4v) is 1.29. The standard InChI is InChI=1S/C12H20N4O/c1-8(2)9(3)7-15-12(17)10-5-4-6-14-11(10)16-13/h4-6,8-9H,7,13H2,1-3H3,(H,14,16)(H,15,17). The first-order chi connectivity index (χ1) is 8.06. The number of nitrogens with one attached hydrogen (secondary N) is 2. The zero-order chi connectivity index (χ0) is 12.8. The second-order valence-corrected chi connectivity index (χ2v) is 4.48. The van der Waals surface area contributed by atoms with Gasteiger partial charge in [0.1, 0.15) is 0 Å². The van der Waals surface area contributed by atoms with Crippen LogP contribution in [0.1, 0.15) is 31.1 Å². The van der Waals surface area contributed by atoms with Crippen LogP contribution in [-0.2, 0) is 0 Å². The number of carbonyl (C=O) groups is 1. The number of pyridine rings is 1. The van der Waals surface area contributed by atoms with E-state index in [2.05, 4.69) is 36.5 Å². The summed E-state index contributed by atoms with van der Waals surface area (Å²) in [5, 5.41) is 2.88. The number of hydrogen-bond donors (Lipinski definition) is 3. The molecule has 0 spiro atoms. The Balaban J connectivity index is 2.64. The summed E-state index contributed by atoms with van der Waals surface area (Å²) in [5.41, 5.74) is 2.88. The van der Waals surface area contributed by atoms with Crippen LogP contribution in [0.3, 0.4) is 0 Å². The molecule has 94 valence electrons. The Morgan fingerprint density at radius 3 is 2.76 bits per heavy atom. The highest BCUT2D eigenvalue weighted by Crippen LogP contribution is 2.11. The average Bonchev–Trinajstić information content (AvgIpc) is 2.35. The van der Waals surface area contributed by atoms with Crippen LogP contribution >= 0.6 is 0 Å². The fourth-order valence-electron chi connectivity index (χ4n) is 1.29. The molecule has 0 fully saturated rings. The molecule has 17 heavy (non-hydrogen) atoms. The van der Waals surface area contributed by atoms with Crippen LogP contribution in [0.4, 0.5) is 5.82 Å². The van der Waals surface area contributed by atoms with Gasteiger partial charge in [0.2, 0.25) is 0 Å². The summed E-state index contributed by atoms with van der Waals surface area (Å²) in [7, 11) is 0. The lowest BCUT2D eigenvalue weighted by atomic mass is 9.98. The van der Waals surface area contributed by atoms with E-state index < -0.39 is 0 Å². The van der Waals surface area contributed by atoms with Crippen LogP contribution in [0.25, 0.3) is 0 Å². The third-order valence-electron chi connectivity index (χ3n) is 2.91. The van der Waals surface area contributed by atoms with Crippen molar-refractivity contribution in [2.45, 2.75) is 20.8 Å². The number of nitrogen functional groups attached to an aromatic ring is 1. The summed E-state index contributed by atoms with van der Waals surface area (Å²) in [6.45, 7) is 7.02. The van der Waals surface area contributed by atoms with Crippen LogP contribution in [0.5, 0.6) is 0 Å². The lowest BCUT2D eigenvalue weighted by Gasteiger charge is -2.16. The van der Waals surface area contributed by atoms with Crippen molar-refractivity contribution < 1.29 is 4.79 Å². The number of hydrogen-bond acceptors (Lipinski definition) is 4. The second kappa shape index (κ2) is 6.20. The van der Waals surface area contributed by atoms with Crippen molar-refractivity contribution in [2.75, 3.05) is 12.0 Å². The number of nitrogens with zero attached hydrogens (tertiary/aromatic N) is 1. The van der Waals surface area contributed by atoms with Crippen molar-refractivity contribution in [3.8, 4) is 0 Å². The van der Waals surface area contributed by atoms with Gasteiger partial charge in [-0.1, -0.05) is 20.8 Å². The molecule has 0 aliphatic carbocycles. The highest BCUT2D eigenvalue weighted by atomic mass is 16.1. The molecule has 0 radical (unpaired) electrons. The minimum absolute atomic E-state index is 0.154. The summed E-state index contributed by atoms with van der Waals surface area (Å²) in [6, 6.07) is 3.40. The molecular formula is C12H20N4O. The maximum atomic E-state index is 11.9. The van der Waals surface area contributed by atoms with Gasteiger partial charge in [0.15, 0.2) is 5.82 Å². The Kier molecular flexibility index (Phi) is 4.90. The van der Waals surface area contributed by atoms with E-state index in [1.807, 2.05) is 0 Å². The van der Waals surface area contributed by atoms with Gasteiger partial charge in [0.05, 0.1) is 5.56 Å². The lowest BCUT2D eigenvalue weighted by molar-refractivity contribution is 0.0945. The zero-order valence-corrected chi connectivity index (χ0v) is 10.5. The highest BCUT2D eigenvalue weighted by Gasteiger charge is 2.13. The molecule has 1 amide bonds. The molecule has 0 aromatic carbocycles. The van der Waals surface area contributed by atoms with E-state index in [9.17, 15) is 4.79 Å². The number of rotatable bonds is 5. The fraction of sp³-hybridized carbons (Fsp3) is 0.500. The van der Waals surface area contributed by atoms with Crippen LogP contribution in [0, 0.1) is 11.8 Å². The minimum Gasteiger partial charge on any atom is -0.352 e. The van der Waals surface area contributed by atoms with Gasteiger partial charge in [-0.3, -0.25) is 4.79 Å². The smallest absolute Gasteiger partial charge is 0.255 e. The third kappa shape index (κ3) is 3.71. The van der Waals surface area contributed by atoms with Gasteiger partial charge < -0.3 is 10.7 Å². The van der Waals surface area contributed by atoms with Crippen molar-refractivity contribution in [3.05, 3.63) is 23.9 Å². The molecule has 5 heteroatoms. The molecule has 0 aliphatic heterocycles. The summed E-state index contributed by atoms with van der Waals surface area (Å²) < 4.78 is 0. The van der Waals surface area contributed by atoms with Crippen LogP contribution in [-0.4, -0.2) is 17.4 Å². The van der Waals surface area contributed by atoms with Crippen molar-refractivity contribution in [3.63, 3.8) is 0 Å². The first kappa shape index (κ1) is 13.4. The van der Waals surface area contributed by atoms with Gasteiger partial charge in [0.25, 0.3) is 5.91 Å². The SMILES string of the molecule is CC(C)C(C)CNC(=O)c1cccnc1NN. The second-order valence-electron chi connectivity index (χ2n) is 4.48. The molecule has 1 atom stereocenters. The summed E-state index contributed by atoms with van der Waals surface area (Å²) in [4.78, 5) is 15.9. The summed E-state index contributed by atoms with van der Waals surface area (Å²) in [6.07, 6.45) is 1.59. The van der Waals surface area contributed by atoms with E-state index in [0.717, 1.165) is 0 Å². The normalized spacial score (nSPS) is 12.3. The molecule has 0 saturated heterocycles. The van der Waals surface area contributed by atoms with Gasteiger partial charge in [-0.05, 0) is 24.0 Å². The molecule has 0 bridgehead atoms. The Hall–Kier alpha value is -1.62. The Morgan fingerprint density at radius 2 is 2.18 bits per heavy atom. The van der Waals surface area contributed by atoms with Gasteiger partial charge >= 0.3 is 0 Å². The number of nitrogens with two attached hydrogens (primary N) is 1. The molecular weight excluding hydrogens is 216 g/mol. The highest BCUT2D eigenvalue weighted by molar-refractivity contribution is 5.98. The number of amides is 1. The number of aromatic nitrogens is 1. The Labute approximate surface area is 102 Å². The number of carbonyl (C=O) groups excluding carboxylic acids is 1. The van der Waals surface area contributed by atoms with E-state index in [-0.39, 0.29) is 5.91 Å². The van der Waals surface area contributed by atoms with Gasteiger partial charge in [-0.15, -0.1) is 0 Å². The van der Waals surface area contributed by atoms with Crippen molar-refractivity contribution in [1.29, 1.82) is 0 Å². The van der Waals surface area contributed by atoms with Gasteiger partial charge in [-0.25, -0.2) is 10.8 Å². The third-order valence-corrected chi connectivity index (χ3v) is 2.91. The monoisotopic (exact) mass is 236 g/mol. The van der Waals surface area contributed by atoms with Crippen LogP contribution < -0.4 is 16.6 Å². The number of hydrazine groups is 1. The molecule has 4 N–H and O–H groups in total. The van der Waals surface area contributed by atoms with Crippen molar-refractivity contribution >= 4 is 11.7 Å². The van der Waals surface area contributed by atoms with E-state index in [1.165, 1.54) is 0 Å². The van der Waals surface area contributed by atoms with E-state index in [0.29, 0.717) is 29.8 Å². The lowest BCUT2D eigenvalue weighted by Crippen LogP contribution is -2.31. The molecule has 1 aromatic rings. The van der Waals surface area contributed by atoms with Crippen molar-refractivity contribution in [1.82, 2.24) is 10.3 Å². The minimum atomic E-state index is -0.154. The molecule has 1 rings (SSSR count). The van der Waals surface area contributed by atoms with Crippen molar-refractivity contribution in [2.24, 2.45) is 17.7 Å². The van der Waals surface area contributed by atoms with Gasteiger partial charge in [-0.2, -0.15) is 0 Å². The Morgan fingerprint density at radius 1 is 1.47 bits per heavy atom. The topological polar surface area (TPSA) is 80.0 Å². The molecule has 1 aromatic heterocycles. The largest absolute Gasteiger partial charge is 0.352 e. The average molecular weight is 236 g/mol. The summed E-state index contributed by atoms with van der Waals surface area (Å²) >= 11 is 0. The zero-order valence-electron chi connectivity index (χ0n) is 10.5. The van der Waals surface area contributed by atoms with E-state index in [4.69, 9.17) is 5.84 Å². The predicted molar refractivity (Wildman–Crippen MR) is 68.4 cm³/mol. The maximum absolute atomic E-state index is 11.9. The quantitative estimate of drug-likeness (QED) is 0.533. The van der Waals surface area contributed by atoms with Gasteiger partial charge in [0, 0.05) is 12.7 Å². The number of anilines is 1. The Bertz CT molecular complexity index is 379. The summed E-state index contributed by atoms with van der Waals surface area (Å²) in [5.74, 6) is 6.51. The molecule has 0 aliphatic rings. The van der Waals surface area contributed by atoms with Crippen LogP contribution in [0.15, 0.2) is 18.3 Å². The maximum Gasteiger partial charge on any atom is 0.255 e. The van der Waals surface area contributed by atoms with E-state index >= 15 is 0 Å². The molecule has 1 heterocycles. The predicted octanol–water partition coefficient (Wildman–Crippen LogP) is 1.39. The van der Waals surface area contributed by atoms with E-state index in [1.54, 1.807) is 18.3 Å². The molecule has 5 nitrogen and oxygen atoms in total. The molecule has 1 unspecified atom stereocenters. The first-order valence-corrected chi connectivity index (χ1v) is 5.76. The molecule has 0 saturated carbocycles. The first-order valence-electron chi connectivity index (χ1n) is 5.76.